The minimum Gasteiger partial charge on any atom is -0.444 e. The fraction of sp³-hybridized carbons (Fsp3) is 0.615. The maximum Gasteiger partial charge on any atom is 0.410 e. The van der Waals surface area contributed by atoms with Crippen LogP contribution in [0.2, 0.25) is 0 Å². The number of ether oxygens (including phenoxy) is 1. The summed E-state index contributed by atoms with van der Waals surface area (Å²) in [5.41, 5.74) is -0.449. The molecule has 1 aromatic rings. The maximum atomic E-state index is 11.9. The van der Waals surface area contributed by atoms with Crippen LogP contribution < -0.4 is 5.32 Å². The summed E-state index contributed by atoms with van der Waals surface area (Å²) in [6.07, 6.45) is 3.83. The van der Waals surface area contributed by atoms with Crippen LogP contribution in [0.15, 0.2) is 18.6 Å². The van der Waals surface area contributed by atoms with Crippen molar-refractivity contribution in [3.8, 4) is 0 Å². The monoisotopic (exact) mass is 264 g/mol. The van der Waals surface area contributed by atoms with Crippen LogP contribution in [0, 0.1) is 0 Å². The number of nitrogens with one attached hydrogen (secondary N) is 1. The first-order valence-electron chi connectivity index (χ1n) is 6.44. The van der Waals surface area contributed by atoms with Gasteiger partial charge >= 0.3 is 6.09 Å². The van der Waals surface area contributed by atoms with Gasteiger partial charge in [0, 0.05) is 25.3 Å². The van der Waals surface area contributed by atoms with Crippen LogP contribution in [0.5, 0.6) is 0 Å². The van der Waals surface area contributed by atoms with E-state index < -0.39 is 5.60 Å². The van der Waals surface area contributed by atoms with Crippen molar-refractivity contribution in [1.29, 1.82) is 0 Å². The molecule has 0 radical (unpaired) electrons. The van der Waals surface area contributed by atoms with Crippen molar-refractivity contribution < 1.29 is 9.53 Å². The normalized spacial score (nSPS) is 19.3. The summed E-state index contributed by atoms with van der Waals surface area (Å²) in [7, 11) is 0. The number of nitrogens with zero attached hydrogens (tertiary/aromatic N) is 3. The van der Waals surface area contributed by atoms with Gasteiger partial charge in [0.05, 0.1) is 0 Å². The average molecular weight is 264 g/mol. The second kappa shape index (κ2) is 5.42. The van der Waals surface area contributed by atoms with E-state index in [0.717, 1.165) is 12.2 Å². The predicted octanol–water partition coefficient (Wildman–Crippen LogP) is 1.90. The molecule has 0 saturated carbocycles. The summed E-state index contributed by atoms with van der Waals surface area (Å²) in [6, 6.07) is 2.03. The van der Waals surface area contributed by atoms with Crippen LogP contribution in [-0.2, 0) is 4.74 Å². The standard InChI is InChI=1S/C13H20N4O2/c1-13(2,3)19-12(18)17-7-5-10(8-17)16-11-4-6-14-9-15-11/h4,6,9-10H,5,7-8H2,1-3H3,(H,14,15,16)/t10-/m1/s1. The lowest BCUT2D eigenvalue weighted by Crippen LogP contribution is -2.36. The van der Waals surface area contributed by atoms with E-state index in [0.29, 0.717) is 13.1 Å². The predicted molar refractivity (Wildman–Crippen MR) is 71.9 cm³/mol. The van der Waals surface area contributed by atoms with Crippen molar-refractivity contribution in [2.45, 2.75) is 38.8 Å². The number of carbonyl (C=O) groups is 1. The van der Waals surface area contributed by atoms with E-state index in [2.05, 4.69) is 15.3 Å². The van der Waals surface area contributed by atoms with Gasteiger partial charge in [0.25, 0.3) is 0 Å². The fourth-order valence-electron chi connectivity index (χ4n) is 1.96. The second-order valence-corrected chi connectivity index (χ2v) is 5.65. The zero-order chi connectivity index (χ0) is 13.9. The van der Waals surface area contributed by atoms with Gasteiger partial charge < -0.3 is 15.0 Å². The Labute approximate surface area is 113 Å². The van der Waals surface area contributed by atoms with Gasteiger partial charge in [-0.2, -0.15) is 0 Å². The number of amides is 1. The highest BCUT2D eigenvalue weighted by Crippen LogP contribution is 2.17. The maximum absolute atomic E-state index is 11.9. The van der Waals surface area contributed by atoms with Gasteiger partial charge in [-0.3, -0.25) is 0 Å². The molecule has 1 amide bonds. The number of anilines is 1. The van der Waals surface area contributed by atoms with E-state index in [-0.39, 0.29) is 12.1 Å². The highest BCUT2D eigenvalue weighted by Gasteiger charge is 2.29. The summed E-state index contributed by atoms with van der Waals surface area (Å²) >= 11 is 0. The minimum atomic E-state index is -0.449. The van der Waals surface area contributed by atoms with E-state index in [1.165, 1.54) is 6.33 Å². The Hall–Kier alpha value is -1.85. The molecule has 1 aromatic heterocycles. The number of carbonyl (C=O) groups excluding carboxylic acids is 1. The Morgan fingerprint density at radius 2 is 2.32 bits per heavy atom. The van der Waals surface area contributed by atoms with Crippen molar-refractivity contribution in [2.24, 2.45) is 0 Å². The van der Waals surface area contributed by atoms with E-state index in [9.17, 15) is 4.79 Å². The Bertz CT molecular complexity index is 430. The first kappa shape index (κ1) is 13.6. The molecule has 104 valence electrons. The second-order valence-electron chi connectivity index (χ2n) is 5.65. The van der Waals surface area contributed by atoms with Gasteiger partial charge in [-0.25, -0.2) is 14.8 Å². The van der Waals surface area contributed by atoms with Gasteiger partial charge in [0.2, 0.25) is 0 Å². The van der Waals surface area contributed by atoms with Crippen molar-refractivity contribution in [3.05, 3.63) is 18.6 Å². The van der Waals surface area contributed by atoms with Gasteiger partial charge in [0.15, 0.2) is 0 Å². The number of hydrogen-bond acceptors (Lipinski definition) is 5. The third kappa shape index (κ3) is 4.08. The molecule has 1 aliphatic rings. The van der Waals surface area contributed by atoms with Crippen LogP contribution >= 0.6 is 0 Å². The van der Waals surface area contributed by atoms with Crippen LogP contribution in [0.25, 0.3) is 0 Å². The Morgan fingerprint density at radius 1 is 1.53 bits per heavy atom. The quantitative estimate of drug-likeness (QED) is 0.883. The molecule has 2 rings (SSSR count). The molecular formula is C13H20N4O2. The molecule has 2 heterocycles. The lowest BCUT2D eigenvalue weighted by molar-refractivity contribution is 0.0293. The minimum absolute atomic E-state index is 0.211. The Balaban J connectivity index is 1.85. The lowest BCUT2D eigenvalue weighted by Gasteiger charge is -2.24. The van der Waals surface area contributed by atoms with Gasteiger partial charge in [-0.1, -0.05) is 0 Å². The molecule has 6 nitrogen and oxygen atoms in total. The highest BCUT2D eigenvalue weighted by molar-refractivity contribution is 5.68. The molecule has 0 spiro atoms. The molecule has 19 heavy (non-hydrogen) atoms. The van der Waals surface area contributed by atoms with Gasteiger partial charge in [-0.15, -0.1) is 0 Å². The molecule has 0 bridgehead atoms. The third-order valence-electron chi connectivity index (χ3n) is 2.77. The zero-order valence-electron chi connectivity index (χ0n) is 11.6. The fourth-order valence-corrected chi connectivity index (χ4v) is 1.96. The summed E-state index contributed by atoms with van der Waals surface area (Å²) < 4.78 is 5.35. The van der Waals surface area contributed by atoms with Crippen LogP contribution in [-0.4, -0.2) is 45.7 Å². The number of likely N-dealkylation sites (tertiary alicyclic amines) is 1. The number of hydrogen-bond donors (Lipinski definition) is 1. The molecule has 1 N–H and O–H groups in total. The number of rotatable bonds is 2. The van der Waals surface area contributed by atoms with Crippen molar-refractivity contribution in [2.75, 3.05) is 18.4 Å². The van der Waals surface area contributed by atoms with E-state index in [1.807, 2.05) is 26.8 Å². The summed E-state index contributed by atoms with van der Waals surface area (Å²) in [5.74, 6) is 0.783. The smallest absolute Gasteiger partial charge is 0.410 e. The molecule has 1 saturated heterocycles. The molecule has 0 aliphatic carbocycles. The van der Waals surface area contributed by atoms with E-state index >= 15 is 0 Å². The molecule has 6 heteroatoms. The Kier molecular flexibility index (Phi) is 3.87. The third-order valence-corrected chi connectivity index (χ3v) is 2.77. The largest absolute Gasteiger partial charge is 0.444 e. The van der Waals surface area contributed by atoms with Gasteiger partial charge in [-0.05, 0) is 33.3 Å². The van der Waals surface area contributed by atoms with Crippen molar-refractivity contribution in [3.63, 3.8) is 0 Å². The van der Waals surface area contributed by atoms with Crippen LogP contribution in [0.1, 0.15) is 27.2 Å². The first-order valence-corrected chi connectivity index (χ1v) is 6.44. The lowest BCUT2D eigenvalue weighted by atomic mass is 10.2. The molecular weight excluding hydrogens is 244 g/mol. The van der Waals surface area contributed by atoms with Crippen LogP contribution in [0.3, 0.4) is 0 Å². The zero-order valence-corrected chi connectivity index (χ0v) is 11.6. The van der Waals surface area contributed by atoms with E-state index in [4.69, 9.17) is 4.74 Å². The topological polar surface area (TPSA) is 67.3 Å². The van der Waals surface area contributed by atoms with Crippen molar-refractivity contribution in [1.82, 2.24) is 14.9 Å². The van der Waals surface area contributed by atoms with Gasteiger partial charge in [0.1, 0.15) is 17.7 Å². The number of aromatic nitrogens is 2. The van der Waals surface area contributed by atoms with E-state index in [1.54, 1.807) is 11.1 Å². The Morgan fingerprint density at radius 3 is 2.95 bits per heavy atom. The molecule has 0 unspecified atom stereocenters. The van der Waals surface area contributed by atoms with Crippen LogP contribution in [0.4, 0.5) is 10.6 Å². The molecule has 1 aliphatic heterocycles. The SMILES string of the molecule is CC(C)(C)OC(=O)N1CC[C@@H](Nc2ccncn2)C1. The first-order chi connectivity index (χ1) is 8.94. The molecule has 1 atom stereocenters. The molecule has 0 aromatic carbocycles. The average Bonchev–Trinajstić information content (AvgIpc) is 2.77. The highest BCUT2D eigenvalue weighted by atomic mass is 16.6. The van der Waals surface area contributed by atoms with Crippen molar-refractivity contribution >= 4 is 11.9 Å². The summed E-state index contributed by atoms with van der Waals surface area (Å²) in [5, 5.41) is 3.29. The summed E-state index contributed by atoms with van der Waals surface area (Å²) in [4.78, 5) is 21.6. The summed E-state index contributed by atoms with van der Waals surface area (Å²) in [6.45, 7) is 6.96. The molecule has 1 fully saturated rings.